The van der Waals surface area contributed by atoms with Crippen LogP contribution in [0.5, 0.6) is 0 Å². The lowest BCUT2D eigenvalue weighted by Gasteiger charge is -2.25. The van der Waals surface area contributed by atoms with E-state index in [9.17, 15) is 4.79 Å². The van der Waals surface area contributed by atoms with Crippen molar-refractivity contribution in [3.05, 3.63) is 28.0 Å². The third kappa shape index (κ3) is 3.59. The van der Waals surface area contributed by atoms with E-state index in [1.54, 1.807) is 6.07 Å². The molecule has 1 aliphatic rings. The van der Waals surface area contributed by atoms with E-state index in [4.69, 9.17) is 23.2 Å². The second-order valence-corrected chi connectivity index (χ2v) is 5.31. The topological polar surface area (TPSA) is 33.2 Å². The number of pyridine rings is 1. The Bertz CT molecular complexity index is 437. The van der Waals surface area contributed by atoms with Gasteiger partial charge in [-0.05, 0) is 18.9 Å². The highest BCUT2D eigenvalue weighted by Gasteiger charge is 2.17. The molecule has 3 nitrogen and oxygen atoms in total. The van der Waals surface area contributed by atoms with E-state index in [2.05, 4.69) is 4.98 Å². The molecule has 98 valence electrons. The molecule has 0 atom stereocenters. The Morgan fingerprint density at radius 3 is 2.72 bits per heavy atom. The van der Waals surface area contributed by atoms with Gasteiger partial charge in [-0.3, -0.25) is 4.79 Å². The van der Waals surface area contributed by atoms with Crippen molar-refractivity contribution in [3.63, 3.8) is 0 Å². The van der Waals surface area contributed by atoms with Crippen LogP contribution in [-0.4, -0.2) is 22.3 Å². The molecule has 0 spiro atoms. The molecular formula is C13H16Cl2N2O. The maximum absolute atomic E-state index is 12.0. The van der Waals surface area contributed by atoms with E-state index in [1.165, 1.54) is 6.42 Å². The van der Waals surface area contributed by atoms with Crippen molar-refractivity contribution in [1.29, 1.82) is 0 Å². The molecule has 1 amide bonds. The predicted octanol–water partition coefficient (Wildman–Crippen LogP) is 3.68. The summed E-state index contributed by atoms with van der Waals surface area (Å²) in [4.78, 5) is 17.9. The van der Waals surface area contributed by atoms with Crippen LogP contribution in [0.2, 0.25) is 10.3 Å². The first-order valence-electron chi connectivity index (χ1n) is 6.25. The number of nitrogens with zero attached hydrogens (tertiary/aromatic N) is 2. The van der Waals surface area contributed by atoms with Crippen LogP contribution in [0.15, 0.2) is 12.1 Å². The molecule has 18 heavy (non-hydrogen) atoms. The second kappa shape index (κ2) is 6.39. The van der Waals surface area contributed by atoms with Crippen molar-refractivity contribution in [2.75, 3.05) is 6.54 Å². The van der Waals surface area contributed by atoms with Crippen molar-refractivity contribution in [1.82, 2.24) is 9.88 Å². The number of hydrogen-bond acceptors (Lipinski definition) is 2. The summed E-state index contributed by atoms with van der Waals surface area (Å²) in [6.45, 7) is 1.33. The minimum absolute atomic E-state index is 0.209. The molecule has 1 aromatic rings. The number of carbonyl (C=O) groups excluding carboxylic acids is 1. The molecular weight excluding hydrogens is 271 g/mol. The van der Waals surface area contributed by atoms with Gasteiger partial charge in [-0.2, -0.15) is 0 Å². The Labute approximate surface area is 117 Å². The molecule has 0 radical (unpaired) electrons. The van der Waals surface area contributed by atoms with E-state index in [0.717, 1.165) is 31.4 Å². The third-order valence-corrected chi connectivity index (χ3v) is 3.71. The summed E-state index contributed by atoms with van der Waals surface area (Å²) in [7, 11) is 0. The molecule has 1 aliphatic heterocycles. The highest BCUT2D eigenvalue weighted by Crippen LogP contribution is 2.20. The third-order valence-electron chi connectivity index (χ3n) is 3.17. The van der Waals surface area contributed by atoms with Crippen molar-refractivity contribution < 1.29 is 4.79 Å². The van der Waals surface area contributed by atoms with Gasteiger partial charge in [-0.25, -0.2) is 4.98 Å². The molecule has 0 saturated carbocycles. The average Bonchev–Trinajstić information content (AvgIpc) is 2.31. The fourth-order valence-corrected chi connectivity index (χ4v) is 2.55. The lowest BCUT2D eigenvalue weighted by molar-refractivity contribution is -0.132. The minimum atomic E-state index is 0.209. The summed E-state index contributed by atoms with van der Waals surface area (Å²) < 4.78 is 0. The van der Waals surface area contributed by atoms with E-state index in [1.807, 2.05) is 11.0 Å². The second-order valence-electron chi connectivity index (χ2n) is 4.56. The monoisotopic (exact) mass is 286 g/mol. The highest BCUT2D eigenvalue weighted by atomic mass is 35.5. The zero-order chi connectivity index (χ0) is 13.0. The summed E-state index contributed by atoms with van der Waals surface area (Å²) in [5.41, 5.74) is 0.856. The van der Waals surface area contributed by atoms with Crippen LogP contribution in [-0.2, 0) is 11.3 Å². The Kier molecular flexibility index (Phi) is 4.84. The van der Waals surface area contributed by atoms with Crippen molar-refractivity contribution in [2.45, 2.75) is 38.6 Å². The number of aromatic nitrogens is 1. The van der Waals surface area contributed by atoms with Gasteiger partial charge in [0, 0.05) is 25.1 Å². The lowest BCUT2D eigenvalue weighted by Crippen LogP contribution is -2.32. The van der Waals surface area contributed by atoms with Crippen LogP contribution in [0.1, 0.15) is 37.7 Å². The van der Waals surface area contributed by atoms with Gasteiger partial charge in [0.2, 0.25) is 5.91 Å². The Balaban J connectivity index is 2.08. The zero-order valence-corrected chi connectivity index (χ0v) is 11.7. The fourth-order valence-electron chi connectivity index (χ4n) is 2.15. The average molecular weight is 287 g/mol. The van der Waals surface area contributed by atoms with Crippen molar-refractivity contribution in [3.8, 4) is 0 Å². The maximum Gasteiger partial charge on any atom is 0.222 e. The number of carbonyl (C=O) groups is 1. The van der Waals surface area contributed by atoms with Gasteiger partial charge >= 0.3 is 0 Å². The van der Waals surface area contributed by atoms with Crippen LogP contribution in [0, 0.1) is 0 Å². The Morgan fingerprint density at radius 1 is 1.17 bits per heavy atom. The molecule has 5 heteroatoms. The maximum atomic E-state index is 12.0. The van der Waals surface area contributed by atoms with Gasteiger partial charge < -0.3 is 4.90 Å². The first-order chi connectivity index (χ1) is 8.66. The summed E-state index contributed by atoms with van der Waals surface area (Å²) >= 11 is 11.8. The van der Waals surface area contributed by atoms with E-state index in [-0.39, 0.29) is 5.91 Å². The lowest BCUT2D eigenvalue weighted by atomic mass is 10.1. The predicted molar refractivity (Wildman–Crippen MR) is 72.8 cm³/mol. The largest absolute Gasteiger partial charge is 0.338 e. The van der Waals surface area contributed by atoms with E-state index >= 15 is 0 Å². The van der Waals surface area contributed by atoms with E-state index in [0.29, 0.717) is 23.3 Å². The molecule has 1 aromatic heterocycles. The highest BCUT2D eigenvalue weighted by molar-refractivity contribution is 6.32. The molecule has 0 unspecified atom stereocenters. The summed E-state index contributed by atoms with van der Waals surface area (Å²) in [6.07, 6.45) is 5.03. The molecule has 2 heterocycles. The van der Waals surface area contributed by atoms with Gasteiger partial charge in [-0.1, -0.05) is 42.1 Å². The smallest absolute Gasteiger partial charge is 0.222 e. The SMILES string of the molecule is O=C1CCCCCCN1Cc1ccc(Cl)nc1Cl. The van der Waals surface area contributed by atoms with Crippen molar-refractivity contribution >= 4 is 29.1 Å². The number of hydrogen-bond donors (Lipinski definition) is 0. The minimum Gasteiger partial charge on any atom is -0.338 e. The number of halogens is 2. The first kappa shape index (κ1) is 13.6. The Hall–Kier alpha value is -0.800. The van der Waals surface area contributed by atoms with Gasteiger partial charge in [0.15, 0.2) is 0 Å². The number of amides is 1. The number of rotatable bonds is 2. The van der Waals surface area contributed by atoms with Crippen LogP contribution in [0.25, 0.3) is 0 Å². The van der Waals surface area contributed by atoms with Gasteiger partial charge in [0.05, 0.1) is 0 Å². The van der Waals surface area contributed by atoms with Crippen LogP contribution < -0.4 is 0 Å². The molecule has 0 bridgehead atoms. The molecule has 1 fully saturated rings. The Morgan fingerprint density at radius 2 is 1.94 bits per heavy atom. The molecule has 2 rings (SSSR count). The summed E-state index contributed by atoms with van der Waals surface area (Å²) in [5, 5.41) is 0.764. The van der Waals surface area contributed by atoms with Gasteiger partial charge in [0.1, 0.15) is 10.3 Å². The fraction of sp³-hybridized carbons (Fsp3) is 0.538. The zero-order valence-electron chi connectivity index (χ0n) is 10.2. The molecule has 0 aromatic carbocycles. The first-order valence-corrected chi connectivity index (χ1v) is 7.01. The van der Waals surface area contributed by atoms with E-state index < -0.39 is 0 Å². The van der Waals surface area contributed by atoms with Gasteiger partial charge in [0.25, 0.3) is 0 Å². The normalized spacial score (nSPS) is 17.4. The summed E-state index contributed by atoms with van der Waals surface area (Å²) in [5.74, 6) is 0.209. The number of likely N-dealkylation sites (tertiary alicyclic amines) is 1. The van der Waals surface area contributed by atoms with Crippen molar-refractivity contribution in [2.24, 2.45) is 0 Å². The quantitative estimate of drug-likeness (QED) is 0.777. The standard InChI is InChI=1S/C13H16Cl2N2O/c14-11-7-6-10(13(15)16-11)9-17-8-4-2-1-3-5-12(17)18/h6-7H,1-5,8-9H2. The molecule has 1 saturated heterocycles. The van der Waals surface area contributed by atoms with Crippen LogP contribution in [0.4, 0.5) is 0 Å². The molecule has 0 aliphatic carbocycles. The van der Waals surface area contributed by atoms with Gasteiger partial charge in [-0.15, -0.1) is 0 Å². The summed E-state index contributed by atoms with van der Waals surface area (Å²) in [6, 6.07) is 3.54. The van der Waals surface area contributed by atoms with Crippen LogP contribution in [0.3, 0.4) is 0 Å². The molecule has 0 N–H and O–H groups in total. The van der Waals surface area contributed by atoms with Crippen LogP contribution >= 0.6 is 23.2 Å².